The molecule has 0 atom stereocenters. The molecule has 3 aromatic rings. The lowest BCUT2D eigenvalue weighted by Gasteiger charge is -2.13. The Balaban J connectivity index is 1.90. The molecular weight excluding hydrogens is 454 g/mol. The summed E-state index contributed by atoms with van der Waals surface area (Å²) in [6.45, 7) is 4.93. The van der Waals surface area contributed by atoms with Gasteiger partial charge in [-0.15, -0.1) is 0 Å². The van der Waals surface area contributed by atoms with Crippen LogP contribution in [-0.4, -0.2) is 32.4 Å². The van der Waals surface area contributed by atoms with Crippen LogP contribution in [0.4, 0.5) is 11.4 Å². The van der Waals surface area contributed by atoms with Crippen molar-refractivity contribution in [3.63, 3.8) is 0 Å². The van der Waals surface area contributed by atoms with E-state index in [-0.39, 0.29) is 32.6 Å². The van der Waals surface area contributed by atoms with Gasteiger partial charge in [-0.1, -0.05) is 29.8 Å². The third-order valence-electron chi connectivity index (χ3n) is 4.91. The second-order valence-corrected chi connectivity index (χ2v) is 9.19. The second-order valence-electron chi connectivity index (χ2n) is 7.14. The molecule has 1 heterocycles. The molecule has 2 aromatic carbocycles. The standard InChI is InChI=1S/C22H22ClN3O5S/c1-12-9-10-15(11-18(12)32(29,30)26-17-8-6-5-7-16(17)23)25-21(27)20-13(2)19(14(3)24-20)22(28)31-4/h5-11,24,26H,1-4H3,(H,25,27). The van der Waals surface area contributed by atoms with Gasteiger partial charge in [0.1, 0.15) is 5.69 Å². The van der Waals surface area contributed by atoms with Crippen molar-refractivity contribution >= 4 is 44.9 Å². The first-order chi connectivity index (χ1) is 15.0. The van der Waals surface area contributed by atoms with E-state index < -0.39 is 21.9 Å². The van der Waals surface area contributed by atoms with Crippen molar-refractivity contribution in [2.75, 3.05) is 17.1 Å². The maximum atomic E-state index is 13.0. The zero-order valence-electron chi connectivity index (χ0n) is 17.9. The van der Waals surface area contributed by atoms with Crippen molar-refractivity contribution in [1.82, 2.24) is 4.98 Å². The van der Waals surface area contributed by atoms with Crippen LogP contribution >= 0.6 is 11.6 Å². The minimum Gasteiger partial charge on any atom is -0.465 e. The lowest BCUT2D eigenvalue weighted by molar-refractivity contribution is 0.0599. The molecule has 8 nitrogen and oxygen atoms in total. The van der Waals surface area contributed by atoms with Gasteiger partial charge in [0, 0.05) is 11.4 Å². The topological polar surface area (TPSA) is 117 Å². The fourth-order valence-electron chi connectivity index (χ4n) is 3.29. The highest BCUT2D eigenvalue weighted by Gasteiger charge is 2.24. The molecule has 0 saturated heterocycles. The summed E-state index contributed by atoms with van der Waals surface area (Å²) in [6.07, 6.45) is 0. The van der Waals surface area contributed by atoms with Gasteiger partial charge in [-0.25, -0.2) is 13.2 Å². The number of esters is 1. The first kappa shape index (κ1) is 23.4. The number of H-pyrrole nitrogens is 1. The Morgan fingerprint density at radius 2 is 1.75 bits per heavy atom. The molecule has 3 rings (SSSR count). The van der Waals surface area contributed by atoms with Gasteiger partial charge in [0.2, 0.25) is 0 Å². The van der Waals surface area contributed by atoms with Crippen LogP contribution in [0.2, 0.25) is 5.02 Å². The molecule has 0 radical (unpaired) electrons. The molecular formula is C22H22ClN3O5S. The highest BCUT2D eigenvalue weighted by Crippen LogP contribution is 2.27. The number of nitrogens with one attached hydrogen (secondary N) is 3. The largest absolute Gasteiger partial charge is 0.465 e. The number of carbonyl (C=O) groups is 2. The number of ether oxygens (including phenoxy) is 1. The van der Waals surface area contributed by atoms with Crippen LogP contribution in [0.3, 0.4) is 0 Å². The summed E-state index contributed by atoms with van der Waals surface area (Å²) in [5.41, 5.74) is 2.41. The highest BCUT2D eigenvalue weighted by molar-refractivity contribution is 7.92. The number of aromatic nitrogens is 1. The lowest BCUT2D eigenvalue weighted by Crippen LogP contribution is -2.17. The molecule has 10 heteroatoms. The SMILES string of the molecule is COC(=O)c1c(C)[nH]c(C(=O)Nc2ccc(C)c(S(=O)(=O)Nc3ccccc3Cl)c2)c1C. The first-order valence-electron chi connectivity index (χ1n) is 9.52. The molecule has 0 fully saturated rings. The summed E-state index contributed by atoms with van der Waals surface area (Å²) >= 11 is 6.07. The number of amides is 1. The maximum Gasteiger partial charge on any atom is 0.339 e. The van der Waals surface area contributed by atoms with Gasteiger partial charge < -0.3 is 15.0 Å². The molecule has 1 amide bonds. The Morgan fingerprint density at radius 3 is 2.41 bits per heavy atom. The van der Waals surface area contributed by atoms with Crippen LogP contribution in [-0.2, 0) is 14.8 Å². The van der Waals surface area contributed by atoms with Gasteiger partial charge in [0.05, 0.1) is 28.3 Å². The Hall–Kier alpha value is -3.30. The number of hydrogen-bond acceptors (Lipinski definition) is 5. The molecule has 0 saturated carbocycles. The van der Waals surface area contributed by atoms with Gasteiger partial charge in [-0.3, -0.25) is 9.52 Å². The third-order valence-corrected chi connectivity index (χ3v) is 6.74. The first-order valence-corrected chi connectivity index (χ1v) is 11.4. The Morgan fingerprint density at radius 1 is 1.06 bits per heavy atom. The predicted octanol–water partition coefficient (Wildman–Crippen LogP) is 4.43. The van der Waals surface area contributed by atoms with E-state index in [9.17, 15) is 18.0 Å². The number of sulfonamides is 1. The molecule has 0 aliphatic rings. The Kier molecular flexibility index (Phi) is 6.61. The van der Waals surface area contributed by atoms with Crippen LogP contribution < -0.4 is 10.0 Å². The van der Waals surface area contributed by atoms with Gasteiger partial charge >= 0.3 is 5.97 Å². The molecule has 3 N–H and O–H groups in total. The van der Waals surface area contributed by atoms with E-state index in [1.165, 1.54) is 13.2 Å². The van der Waals surface area contributed by atoms with E-state index in [0.717, 1.165) is 0 Å². The molecule has 32 heavy (non-hydrogen) atoms. The molecule has 0 bridgehead atoms. The fourth-order valence-corrected chi connectivity index (χ4v) is 4.88. The molecule has 0 unspecified atom stereocenters. The summed E-state index contributed by atoms with van der Waals surface area (Å²) in [4.78, 5) is 27.7. The number of para-hydroxylation sites is 1. The predicted molar refractivity (Wildman–Crippen MR) is 123 cm³/mol. The quantitative estimate of drug-likeness (QED) is 0.456. The number of benzene rings is 2. The van der Waals surface area contributed by atoms with Crippen molar-refractivity contribution in [2.24, 2.45) is 0 Å². The maximum absolute atomic E-state index is 13.0. The monoisotopic (exact) mass is 475 g/mol. The number of halogens is 1. The molecule has 0 spiro atoms. The van der Waals surface area contributed by atoms with E-state index in [4.69, 9.17) is 16.3 Å². The Bertz CT molecular complexity index is 1320. The van der Waals surface area contributed by atoms with Crippen molar-refractivity contribution in [3.05, 3.63) is 75.6 Å². The fraction of sp³-hybridized carbons (Fsp3) is 0.182. The normalized spacial score (nSPS) is 11.2. The summed E-state index contributed by atoms with van der Waals surface area (Å²) in [5.74, 6) is -1.07. The summed E-state index contributed by atoms with van der Waals surface area (Å²) < 4.78 is 33.1. The van der Waals surface area contributed by atoms with Crippen LogP contribution in [0.5, 0.6) is 0 Å². The third kappa shape index (κ3) is 4.63. The molecule has 1 aromatic heterocycles. The molecule has 0 aliphatic carbocycles. The highest BCUT2D eigenvalue weighted by atomic mass is 35.5. The van der Waals surface area contributed by atoms with E-state index in [1.54, 1.807) is 57.2 Å². The van der Waals surface area contributed by atoms with E-state index in [0.29, 0.717) is 16.8 Å². The van der Waals surface area contributed by atoms with Crippen LogP contribution in [0, 0.1) is 20.8 Å². The number of aromatic amines is 1. The molecule has 168 valence electrons. The van der Waals surface area contributed by atoms with Gasteiger partial charge in [-0.2, -0.15) is 0 Å². The van der Waals surface area contributed by atoms with Crippen molar-refractivity contribution < 1.29 is 22.7 Å². The minimum atomic E-state index is -3.97. The van der Waals surface area contributed by atoms with Crippen molar-refractivity contribution in [1.29, 1.82) is 0 Å². The van der Waals surface area contributed by atoms with E-state index in [2.05, 4.69) is 15.0 Å². The number of anilines is 2. The zero-order chi connectivity index (χ0) is 23.6. The van der Waals surface area contributed by atoms with Gasteiger partial charge in [0.15, 0.2) is 0 Å². The lowest BCUT2D eigenvalue weighted by atomic mass is 10.1. The number of aryl methyl sites for hydroxylation is 2. The summed E-state index contributed by atoms with van der Waals surface area (Å²) in [6, 6.07) is 11.0. The number of carbonyl (C=O) groups excluding carboxylic acids is 2. The zero-order valence-corrected chi connectivity index (χ0v) is 19.4. The smallest absolute Gasteiger partial charge is 0.339 e. The number of rotatable bonds is 6. The summed E-state index contributed by atoms with van der Waals surface area (Å²) in [7, 11) is -2.71. The van der Waals surface area contributed by atoms with Crippen molar-refractivity contribution in [2.45, 2.75) is 25.7 Å². The van der Waals surface area contributed by atoms with Crippen molar-refractivity contribution in [3.8, 4) is 0 Å². The number of hydrogen-bond donors (Lipinski definition) is 3. The van der Waals surface area contributed by atoms with Crippen LogP contribution in [0.1, 0.15) is 37.7 Å². The average molecular weight is 476 g/mol. The van der Waals surface area contributed by atoms with Gasteiger partial charge in [0.25, 0.3) is 15.9 Å². The van der Waals surface area contributed by atoms with E-state index >= 15 is 0 Å². The minimum absolute atomic E-state index is 0.00939. The van der Waals surface area contributed by atoms with Crippen LogP contribution in [0.15, 0.2) is 47.4 Å². The summed E-state index contributed by atoms with van der Waals surface area (Å²) in [5, 5.41) is 2.93. The second kappa shape index (κ2) is 9.05. The Labute approximate surface area is 191 Å². The number of methoxy groups -OCH3 is 1. The molecule has 0 aliphatic heterocycles. The van der Waals surface area contributed by atoms with E-state index in [1.807, 2.05) is 0 Å². The average Bonchev–Trinajstić information content (AvgIpc) is 3.04. The van der Waals surface area contributed by atoms with Crippen LogP contribution in [0.25, 0.3) is 0 Å². The van der Waals surface area contributed by atoms with Gasteiger partial charge in [-0.05, 0) is 56.2 Å².